The summed E-state index contributed by atoms with van der Waals surface area (Å²) in [4.78, 5) is 21.8. The fourth-order valence-electron chi connectivity index (χ4n) is 0.135. The lowest BCUT2D eigenvalue weighted by atomic mass is 11.1. The highest BCUT2D eigenvalue weighted by molar-refractivity contribution is 5.74. The van der Waals surface area contributed by atoms with Gasteiger partial charge in [-0.25, -0.2) is 9.59 Å². The SMILES string of the molecule is C=COC(=O)N=C=O. The third kappa shape index (κ3) is 2.81. The van der Waals surface area contributed by atoms with Crippen LogP contribution in [0.15, 0.2) is 17.8 Å². The molecule has 0 N–H and O–H groups in total. The van der Waals surface area contributed by atoms with Crippen molar-refractivity contribution in [3.8, 4) is 0 Å². The van der Waals surface area contributed by atoms with Gasteiger partial charge in [-0.3, -0.25) is 0 Å². The molecule has 0 bridgehead atoms. The van der Waals surface area contributed by atoms with E-state index in [0.29, 0.717) is 0 Å². The molecule has 0 aliphatic heterocycles. The first-order valence-corrected chi connectivity index (χ1v) is 1.70. The van der Waals surface area contributed by atoms with Crippen molar-refractivity contribution in [3.05, 3.63) is 12.8 Å². The topological polar surface area (TPSA) is 55.7 Å². The van der Waals surface area contributed by atoms with Crippen molar-refractivity contribution < 1.29 is 14.3 Å². The molecule has 42 valence electrons. The van der Waals surface area contributed by atoms with E-state index in [4.69, 9.17) is 0 Å². The molecular weight excluding hydrogens is 110 g/mol. The Hall–Kier alpha value is -1.41. The van der Waals surface area contributed by atoms with E-state index >= 15 is 0 Å². The molecule has 4 nitrogen and oxygen atoms in total. The van der Waals surface area contributed by atoms with Crippen molar-refractivity contribution in [3.63, 3.8) is 0 Å². The van der Waals surface area contributed by atoms with E-state index in [1.807, 2.05) is 0 Å². The summed E-state index contributed by atoms with van der Waals surface area (Å²) >= 11 is 0. The highest BCUT2D eigenvalue weighted by Crippen LogP contribution is 1.78. The molecular formula is C4H3NO3. The Morgan fingerprint density at radius 3 is 2.88 bits per heavy atom. The van der Waals surface area contributed by atoms with E-state index < -0.39 is 6.09 Å². The van der Waals surface area contributed by atoms with Gasteiger partial charge in [-0.2, -0.15) is 0 Å². The minimum absolute atomic E-state index is 0.878. The minimum atomic E-state index is -1.00. The summed E-state index contributed by atoms with van der Waals surface area (Å²) in [7, 11) is 0. The van der Waals surface area contributed by atoms with E-state index in [1.54, 1.807) is 0 Å². The zero-order chi connectivity index (χ0) is 6.41. The molecule has 0 fully saturated rings. The van der Waals surface area contributed by atoms with E-state index in [-0.39, 0.29) is 0 Å². The molecule has 0 saturated carbocycles. The van der Waals surface area contributed by atoms with Crippen molar-refractivity contribution in [1.29, 1.82) is 0 Å². The summed E-state index contributed by atoms with van der Waals surface area (Å²) in [5, 5.41) is 0. The van der Waals surface area contributed by atoms with Gasteiger partial charge in [0, 0.05) is 0 Å². The molecule has 4 heteroatoms. The maximum absolute atomic E-state index is 9.92. The van der Waals surface area contributed by atoms with Crippen molar-refractivity contribution in [2.24, 2.45) is 4.99 Å². The molecule has 0 aliphatic carbocycles. The molecule has 0 atom stereocenters. The number of carbonyl (C=O) groups is 1. The zero-order valence-electron chi connectivity index (χ0n) is 3.96. The van der Waals surface area contributed by atoms with Crippen LogP contribution in [-0.4, -0.2) is 12.2 Å². The average Bonchev–Trinajstić information content (AvgIpc) is 1.68. The standard InChI is InChI=1S/C4H3NO3/c1-2-8-4(7)5-3-6/h2H,1H2. The average molecular weight is 113 g/mol. The first-order chi connectivity index (χ1) is 3.81. The summed E-state index contributed by atoms with van der Waals surface area (Å²) in [6, 6.07) is 0. The lowest BCUT2D eigenvalue weighted by molar-refractivity contribution is 0.197. The predicted molar refractivity (Wildman–Crippen MR) is 24.8 cm³/mol. The number of rotatable bonds is 1. The van der Waals surface area contributed by atoms with Gasteiger partial charge in [0.2, 0.25) is 6.08 Å². The van der Waals surface area contributed by atoms with Gasteiger partial charge in [-0.05, 0) is 0 Å². The smallest absolute Gasteiger partial charge is 0.417 e. The van der Waals surface area contributed by atoms with Gasteiger partial charge in [0.1, 0.15) is 0 Å². The number of isocyanates is 1. The van der Waals surface area contributed by atoms with Crippen molar-refractivity contribution in [2.75, 3.05) is 0 Å². The van der Waals surface area contributed by atoms with Gasteiger partial charge in [-0.1, -0.05) is 11.6 Å². The molecule has 0 aromatic heterocycles. The van der Waals surface area contributed by atoms with Crippen LogP contribution in [0.4, 0.5) is 4.79 Å². The van der Waals surface area contributed by atoms with Crippen molar-refractivity contribution in [2.45, 2.75) is 0 Å². The predicted octanol–water partition coefficient (Wildman–Crippen LogP) is 0.602. The second kappa shape index (κ2) is 3.77. The Morgan fingerprint density at radius 2 is 2.50 bits per heavy atom. The van der Waals surface area contributed by atoms with Crippen LogP contribution in [0.5, 0.6) is 0 Å². The molecule has 0 unspecified atom stereocenters. The molecule has 0 heterocycles. The lowest BCUT2D eigenvalue weighted by Crippen LogP contribution is -1.88. The Kier molecular flexibility index (Phi) is 3.10. The summed E-state index contributed by atoms with van der Waals surface area (Å²) in [5.41, 5.74) is 0. The number of carbonyl (C=O) groups excluding carboxylic acids is 2. The number of nitrogens with zero attached hydrogens (tertiary/aromatic N) is 1. The second-order valence-electron chi connectivity index (χ2n) is 0.754. The third-order valence-corrected chi connectivity index (χ3v) is 0.321. The van der Waals surface area contributed by atoms with Crippen LogP contribution in [0.3, 0.4) is 0 Å². The Labute approximate surface area is 45.5 Å². The second-order valence-corrected chi connectivity index (χ2v) is 0.754. The van der Waals surface area contributed by atoms with Crippen LogP contribution in [0.2, 0.25) is 0 Å². The molecule has 0 spiro atoms. The van der Waals surface area contributed by atoms with Crippen LogP contribution in [0, 0.1) is 0 Å². The third-order valence-electron chi connectivity index (χ3n) is 0.321. The fraction of sp³-hybridized carbons (Fsp3) is 0. The molecule has 0 saturated heterocycles. The van der Waals surface area contributed by atoms with Gasteiger partial charge in [0.25, 0.3) is 0 Å². The highest BCUT2D eigenvalue weighted by Gasteiger charge is 1.90. The molecule has 0 aromatic rings. The summed E-state index contributed by atoms with van der Waals surface area (Å²) in [6.07, 6.45) is 0.878. The highest BCUT2D eigenvalue weighted by atomic mass is 16.5. The number of aliphatic imine (C=N–C) groups is 1. The molecule has 0 radical (unpaired) electrons. The maximum Gasteiger partial charge on any atom is 0.449 e. The van der Waals surface area contributed by atoms with Crippen molar-refractivity contribution >= 4 is 12.2 Å². The van der Waals surface area contributed by atoms with Crippen LogP contribution in [0.1, 0.15) is 0 Å². The van der Waals surface area contributed by atoms with E-state index in [9.17, 15) is 9.59 Å². The largest absolute Gasteiger partial charge is 0.449 e. The van der Waals surface area contributed by atoms with Gasteiger partial charge in [-0.15, -0.1) is 0 Å². The van der Waals surface area contributed by atoms with E-state index in [0.717, 1.165) is 12.3 Å². The molecule has 0 rings (SSSR count). The quantitative estimate of drug-likeness (QED) is 0.284. The van der Waals surface area contributed by atoms with Crippen LogP contribution in [0.25, 0.3) is 0 Å². The Morgan fingerprint density at radius 1 is 1.88 bits per heavy atom. The van der Waals surface area contributed by atoms with Gasteiger partial charge in [0.05, 0.1) is 6.26 Å². The van der Waals surface area contributed by atoms with Crippen LogP contribution >= 0.6 is 0 Å². The number of hydrogen-bond donors (Lipinski definition) is 0. The Balaban J connectivity index is 3.65. The fourth-order valence-corrected chi connectivity index (χ4v) is 0.135. The van der Waals surface area contributed by atoms with Crippen molar-refractivity contribution in [1.82, 2.24) is 0 Å². The maximum atomic E-state index is 9.92. The normalized spacial score (nSPS) is 6.50. The number of hydrogen-bond acceptors (Lipinski definition) is 3. The van der Waals surface area contributed by atoms with Gasteiger partial charge in [0.15, 0.2) is 0 Å². The lowest BCUT2D eigenvalue weighted by Gasteiger charge is -1.82. The number of ether oxygens (including phenoxy) is 1. The Bertz CT molecular complexity index is 145. The number of amides is 1. The summed E-state index contributed by atoms with van der Waals surface area (Å²) in [5.74, 6) is 0. The van der Waals surface area contributed by atoms with Gasteiger partial charge < -0.3 is 4.74 Å². The monoisotopic (exact) mass is 113 g/mol. The van der Waals surface area contributed by atoms with Crippen LogP contribution in [-0.2, 0) is 9.53 Å². The van der Waals surface area contributed by atoms with E-state index in [1.165, 1.54) is 0 Å². The molecule has 8 heavy (non-hydrogen) atoms. The molecule has 0 aliphatic rings. The first kappa shape index (κ1) is 6.59. The zero-order valence-corrected chi connectivity index (χ0v) is 3.96. The molecule has 0 aromatic carbocycles. The molecule has 1 amide bonds. The van der Waals surface area contributed by atoms with Crippen LogP contribution < -0.4 is 0 Å². The van der Waals surface area contributed by atoms with E-state index in [2.05, 4.69) is 16.3 Å². The van der Waals surface area contributed by atoms with Gasteiger partial charge >= 0.3 is 6.09 Å². The summed E-state index contributed by atoms with van der Waals surface area (Å²) < 4.78 is 3.98. The first-order valence-electron chi connectivity index (χ1n) is 1.70. The minimum Gasteiger partial charge on any atom is -0.417 e. The summed E-state index contributed by atoms with van der Waals surface area (Å²) in [6.45, 7) is 3.05.